The van der Waals surface area contributed by atoms with Crippen molar-refractivity contribution < 1.29 is 19.0 Å². The van der Waals surface area contributed by atoms with Gasteiger partial charge in [0.25, 0.3) is 0 Å². The molecule has 1 aromatic heterocycles. The highest BCUT2D eigenvalue weighted by atomic mass is 32.2. The fourth-order valence-electron chi connectivity index (χ4n) is 3.52. The van der Waals surface area contributed by atoms with Gasteiger partial charge in [0.15, 0.2) is 17.1 Å². The van der Waals surface area contributed by atoms with Gasteiger partial charge in [0.05, 0.1) is 19.5 Å². The molecular formula is C27H28N4O4S. The van der Waals surface area contributed by atoms with Crippen molar-refractivity contribution in [3.8, 4) is 22.9 Å². The van der Waals surface area contributed by atoms with Crippen molar-refractivity contribution in [1.82, 2.24) is 14.8 Å². The van der Waals surface area contributed by atoms with Gasteiger partial charge in [0, 0.05) is 17.4 Å². The van der Waals surface area contributed by atoms with Crippen molar-refractivity contribution >= 4 is 23.4 Å². The van der Waals surface area contributed by atoms with Crippen LogP contribution in [-0.4, -0.2) is 40.1 Å². The second-order valence-corrected chi connectivity index (χ2v) is 8.69. The number of hydrogen-bond acceptors (Lipinski definition) is 7. The molecule has 1 atom stereocenters. The molecule has 4 aromatic rings. The van der Waals surface area contributed by atoms with Gasteiger partial charge >= 0.3 is 0 Å². The summed E-state index contributed by atoms with van der Waals surface area (Å²) in [6, 6.07) is 24.5. The third-order valence-corrected chi connectivity index (χ3v) is 6.10. The van der Waals surface area contributed by atoms with Crippen LogP contribution in [0.15, 0.2) is 84.0 Å². The van der Waals surface area contributed by atoms with Gasteiger partial charge in [0.2, 0.25) is 5.91 Å². The first-order valence-electron chi connectivity index (χ1n) is 11.5. The first-order chi connectivity index (χ1) is 17.6. The average Bonchev–Trinajstić information content (AvgIpc) is 3.34. The Morgan fingerprint density at radius 3 is 2.44 bits per heavy atom. The quantitative estimate of drug-likeness (QED) is 0.268. The third-order valence-electron chi connectivity index (χ3n) is 5.17. The largest absolute Gasteiger partial charge is 0.497 e. The summed E-state index contributed by atoms with van der Waals surface area (Å²) in [4.78, 5) is 12.6. The van der Waals surface area contributed by atoms with E-state index in [0.717, 1.165) is 11.4 Å². The van der Waals surface area contributed by atoms with Gasteiger partial charge in [-0.25, -0.2) is 0 Å². The first kappa shape index (κ1) is 25.1. The van der Waals surface area contributed by atoms with Gasteiger partial charge < -0.3 is 19.5 Å². The molecule has 0 saturated carbocycles. The Kier molecular flexibility index (Phi) is 8.46. The lowest BCUT2D eigenvalue weighted by atomic mass is 10.3. The molecule has 9 heteroatoms. The summed E-state index contributed by atoms with van der Waals surface area (Å²) in [5.41, 5.74) is 1.59. The maximum absolute atomic E-state index is 12.6. The molecule has 0 spiro atoms. The van der Waals surface area contributed by atoms with Gasteiger partial charge in [0.1, 0.15) is 17.2 Å². The van der Waals surface area contributed by atoms with E-state index in [4.69, 9.17) is 14.2 Å². The summed E-state index contributed by atoms with van der Waals surface area (Å²) in [5, 5.41) is 12.3. The average molecular weight is 505 g/mol. The van der Waals surface area contributed by atoms with Crippen LogP contribution in [0.2, 0.25) is 0 Å². The minimum atomic E-state index is -0.406. The van der Waals surface area contributed by atoms with Crippen molar-refractivity contribution in [2.45, 2.75) is 25.1 Å². The molecule has 8 nitrogen and oxygen atoms in total. The monoisotopic (exact) mass is 504 g/mol. The van der Waals surface area contributed by atoms with E-state index < -0.39 is 6.10 Å². The number of amides is 1. The van der Waals surface area contributed by atoms with Gasteiger partial charge in [-0.2, -0.15) is 0 Å². The van der Waals surface area contributed by atoms with Crippen LogP contribution < -0.4 is 19.5 Å². The molecule has 36 heavy (non-hydrogen) atoms. The topological polar surface area (TPSA) is 87.5 Å². The zero-order valence-electron chi connectivity index (χ0n) is 20.4. The Labute approximate surface area is 214 Å². The Morgan fingerprint density at radius 1 is 0.972 bits per heavy atom. The Hall–Kier alpha value is -3.98. The first-order valence-corrected chi connectivity index (χ1v) is 12.5. The van der Waals surface area contributed by atoms with Crippen LogP contribution in [0.3, 0.4) is 0 Å². The van der Waals surface area contributed by atoms with Crippen LogP contribution in [0.1, 0.15) is 25.8 Å². The number of hydrogen-bond donors (Lipinski definition) is 1. The minimum absolute atomic E-state index is 0.144. The molecular weight excluding hydrogens is 476 g/mol. The number of benzene rings is 3. The van der Waals surface area contributed by atoms with Gasteiger partial charge in [-0.05, 0) is 62.4 Å². The van der Waals surface area contributed by atoms with E-state index in [1.54, 1.807) is 7.11 Å². The van der Waals surface area contributed by atoms with Crippen molar-refractivity contribution in [1.29, 1.82) is 0 Å². The third kappa shape index (κ3) is 6.37. The van der Waals surface area contributed by atoms with Crippen LogP contribution in [0.4, 0.5) is 5.69 Å². The molecule has 186 valence electrons. The number of anilines is 1. The van der Waals surface area contributed by atoms with Crippen molar-refractivity contribution in [2.24, 2.45) is 0 Å². The highest BCUT2D eigenvalue weighted by Crippen LogP contribution is 2.29. The lowest BCUT2D eigenvalue weighted by Gasteiger charge is -2.17. The van der Waals surface area contributed by atoms with E-state index >= 15 is 0 Å². The predicted molar refractivity (Wildman–Crippen MR) is 140 cm³/mol. The molecule has 4 rings (SSSR count). The zero-order valence-corrected chi connectivity index (χ0v) is 21.2. The van der Waals surface area contributed by atoms with E-state index in [9.17, 15) is 4.79 Å². The van der Waals surface area contributed by atoms with Crippen molar-refractivity contribution in [3.05, 3.63) is 84.7 Å². The fraction of sp³-hybridized carbons (Fsp3) is 0.222. The number of carbonyl (C=O) groups excluding carboxylic acids is 1. The molecule has 1 amide bonds. The number of rotatable bonds is 11. The number of nitrogens with one attached hydrogen (secondary N) is 1. The summed E-state index contributed by atoms with van der Waals surface area (Å²) >= 11 is 1.31. The second kappa shape index (κ2) is 12.1. The number of thioether (sulfide) groups is 1. The normalized spacial score (nSPS) is 11.5. The van der Waals surface area contributed by atoms with Crippen LogP contribution in [0.5, 0.6) is 17.2 Å². The Morgan fingerprint density at radius 2 is 1.72 bits per heavy atom. The highest BCUT2D eigenvalue weighted by Gasteiger charge is 2.22. The highest BCUT2D eigenvalue weighted by molar-refractivity contribution is 7.99. The van der Waals surface area contributed by atoms with Crippen molar-refractivity contribution in [3.63, 3.8) is 0 Å². The van der Waals surface area contributed by atoms with E-state index in [2.05, 4.69) is 15.5 Å². The minimum Gasteiger partial charge on any atom is -0.497 e. The van der Waals surface area contributed by atoms with E-state index in [-0.39, 0.29) is 11.7 Å². The summed E-state index contributed by atoms with van der Waals surface area (Å²) in [6.07, 6.45) is -0.406. The number of ether oxygens (including phenoxy) is 3. The number of methoxy groups -OCH3 is 1. The number of aromatic nitrogens is 3. The summed E-state index contributed by atoms with van der Waals surface area (Å²) in [7, 11) is 1.62. The molecule has 3 aromatic carbocycles. The SMILES string of the molecule is CCOc1ccc(NC(=O)CSc2nnc(C(C)Oc3cccc(OC)c3)n2-c2ccccc2)cc1. The second-order valence-electron chi connectivity index (χ2n) is 7.75. The lowest BCUT2D eigenvalue weighted by Crippen LogP contribution is -2.15. The molecule has 0 saturated heterocycles. The van der Waals surface area contributed by atoms with Crippen LogP contribution in [0.25, 0.3) is 5.69 Å². The molecule has 0 aliphatic rings. The summed E-state index contributed by atoms with van der Waals surface area (Å²) < 4.78 is 18.8. The number of nitrogens with zero attached hydrogens (tertiary/aromatic N) is 3. The van der Waals surface area contributed by atoms with Crippen molar-refractivity contribution in [2.75, 3.05) is 24.8 Å². The maximum atomic E-state index is 12.6. The van der Waals surface area contributed by atoms with E-state index in [0.29, 0.717) is 34.8 Å². The molecule has 0 aliphatic carbocycles. The maximum Gasteiger partial charge on any atom is 0.234 e. The summed E-state index contributed by atoms with van der Waals surface area (Å²) in [6.45, 7) is 4.43. The molecule has 0 fully saturated rings. The van der Waals surface area contributed by atoms with Gasteiger partial charge in [-0.15, -0.1) is 10.2 Å². The zero-order chi connectivity index (χ0) is 25.3. The van der Waals surface area contributed by atoms with Crippen LogP contribution in [0, 0.1) is 0 Å². The Balaban J connectivity index is 1.49. The van der Waals surface area contributed by atoms with Gasteiger partial charge in [-0.3, -0.25) is 9.36 Å². The van der Waals surface area contributed by atoms with E-state index in [1.807, 2.05) is 97.3 Å². The van der Waals surface area contributed by atoms with Gasteiger partial charge in [-0.1, -0.05) is 36.0 Å². The van der Waals surface area contributed by atoms with Crippen LogP contribution >= 0.6 is 11.8 Å². The lowest BCUT2D eigenvalue weighted by molar-refractivity contribution is -0.113. The molecule has 1 heterocycles. The number of carbonyl (C=O) groups is 1. The fourth-order valence-corrected chi connectivity index (χ4v) is 4.28. The van der Waals surface area contributed by atoms with E-state index in [1.165, 1.54) is 11.8 Å². The van der Waals surface area contributed by atoms with Crippen LogP contribution in [-0.2, 0) is 4.79 Å². The predicted octanol–water partition coefficient (Wildman–Crippen LogP) is 5.55. The standard InChI is InChI=1S/C27H28N4O4S/c1-4-34-22-15-13-20(14-16-22)28-25(32)18-36-27-30-29-26(31(27)21-9-6-5-7-10-21)19(2)35-24-12-8-11-23(17-24)33-3/h5-17,19H,4,18H2,1-3H3,(H,28,32). The summed E-state index contributed by atoms with van der Waals surface area (Å²) in [5.74, 6) is 2.78. The molecule has 0 radical (unpaired) electrons. The molecule has 1 N–H and O–H groups in total. The Bertz CT molecular complexity index is 1280. The molecule has 1 unspecified atom stereocenters. The molecule has 0 aliphatic heterocycles. The number of para-hydroxylation sites is 1. The molecule has 0 bridgehead atoms. The smallest absolute Gasteiger partial charge is 0.234 e.